The normalized spacial score (nSPS) is 10.5. The van der Waals surface area contributed by atoms with Crippen molar-refractivity contribution in [2.24, 2.45) is 0 Å². The van der Waals surface area contributed by atoms with Gasteiger partial charge in [-0.05, 0) is 24.4 Å². The zero-order valence-corrected chi connectivity index (χ0v) is 11.5. The van der Waals surface area contributed by atoms with E-state index in [9.17, 15) is 9.90 Å². The molecule has 0 saturated heterocycles. The molecule has 0 aliphatic rings. The number of anilines is 2. The van der Waals surface area contributed by atoms with Gasteiger partial charge in [-0.25, -0.2) is 4.79 Å². The number of carboxylic acid groups (broad SMARTS) is 1. The van der Waals surface area contributed by atoms with E-state index in [4.69, 9.17) is 0 Å². The summed E-state index contributed by atoms with van der Waals surface area (Å²) in [6.07, 6.45) is 1.38. The standard InChI is InChI=1S/C17H14N2O2/c1-11-9-16(14(10-18-11)17(20)21)19-15-8-4-6-12-5-2-3-7-13(12)15/h2-10H,1H3,(H,18,19)(H,20,21). The maximum atomic E-state index is 11.3. The largest absolute Gasteiger partial charge is 0.478 e. The lowest BCUT2D eigenvalue weighted by Gasteiger charge is -2.12. The Morgan fingerprint density at radius 3 is 2.67 bits per heavy atom. The Bertz CT molecular complexity index is 823. The summed E-state index contributed by atoms with van der Waals surface area (Å²) >= 11 is 0. The fourth-order valence-corrected chi connectivity index (χ4v) is 2.31. The second kappa shape index (κ2) is 5.25. The molecule has 1 aromatic heterocycles. The van der Waals surface area contributed by atoms with Crippen molar-refractivity contribution in [3.63, 3.8) is 0 Å². The lowest BCUT2D eigenvalue weighted by atomic mass is 10.1. The van der Waals surface area contributed by atoms with E-state index in [0.29, 0.717) is 5.69 Å². The number of hydrogen-bond donors (Lipinski definition) is 2. The fourth-order valence-electron chi connectivity index (χ4n) is 2.31. The lowest BCUT2D eigenvalue weighted by molar-refractivity contribution is 0.0697. The average molecular weight is 278 g/mol. The highest BCUT2D eigenvalue weighted by Crippen LogP contribution is 2.28. The first-order valence-electron chi connectivity index (χ1n) is 6.60. The van der Waals surface area contributed by atoms with Crippen LogP contribution >= 0.6 is 0 Å². The molecule has 1 heterocycles. The molecule has 21 heavy (non-hydrogen) atoms. The third-order valence-electron chi connectivity index (χ3n) is 3.33. The molecular formula is C17H14N2O2. The summed E-state index contributed by atoms with van der Waals surface area (Å²) in [5, 5.41) is 14.6. The first-order valence-corrected chi connectivity index (χ1v) is 6.60. The van der Waals surface area contributed by atoms with Gasteiger partial charge in [0, 0.05) is 23.0 Å². The predicted molar refractivity (Wildman–Crippen MR) is 83.2 cm³/mol. The Balaban J connectivity index is 2.11. The first kappa shape index (κ1) is 13.1. The van der Waals surface area contributed by atoms with Gasteiger partial charge in [0.05, 0.1) is 5.69 Å². The highest BCUT2D eigenvalue weighted by Gasteiger charge is 2.12. The summed E-state index contributed by atoms with van der Waals surface area (Å²) in [4.78, 5) is 15.4. The summed E-state index contributed by atoms with van der Waals surface area (Å²) in [6.45, 7) is 1.83. The van der Waals surface area contributed by atoms with Gasteiger partial charge in [0.1, 0.15) is 5.56 Å². The molecule has 0 spiro atoms. The highest BCUT2D eigenvalue weighted by atomic mass is 16.4. The summed E-state index contributed by atoms with van der Waals surface area (Å²) < 4.78 is 0. The molecule has 0 amide bonds. The van der Waals surface area contributed by atoms with Crippen LogP contribution in [-0.2, 0) is 0 Å². The van der Waals surface area contributed by atoms with Gasteiger partial charge in [-0.1, -0.05) is 36.4 Å². The number of aromatic nitrogens is 1. The van der Waals surface area contributed by atoms with E-state index in [1.165, 1.54) is 6.20 Å². The van der Waals surface area contributed by atoms with Crippen molar-refractivity contribution in [1.82, 2.24) is 4.98 Å². The molecule has 0 aliphatic carbocycles. The SMILES string of the molecule is Cc1cc(Nc2cccc3ccccc23)c(C(=O)O)cn1. The van der Waals surface area contributed by atoms with Crippen LogP contribution < -0.4 is 5.32 Å². The number of fused-ring (bicyclic) bond motifs is 1. The van der Waals surface area contributed by atoms with Crippen molar-refractivity contribution >= 4 is 28.1 Å². The van der Waals surface area contributed by atoms with E-state index in [1.807, 2.05) is 49.4 Å². The van der Waals surface area contributed by atoms with Gasteiger partial charge in [0.25, 0.3) is 0 Å². The van der Waals surface area contributed by atoms with Gasteiger partial charge < -0.3 is 10.4 Å². The van der Waals surface area contributed by atoms with Crippen molar-refractivity contribution < 1.29 is 9.90 Å². The van der Waals surface area contributed by atoms with Crippen LogP contribution in [0.5, 0.6) is 0 Å². The third kappa shape index (κ3) is 2.56. The molecule has 0 aliphatic heterocycles. The highest BCUT2D eigenvalue weighted by molar-refractivity contribution is 5.99. The van der Waals surface area contributed by atoms with Crippen molar-refractivity contribution in [2.75, 3.05) is 5.32 Å². The van der Waals surface area contributed by atoms with Gasteiger partial charge in [-0.3, -0.25) is 4.98 Å². The number of aryl methyl sites for hydroxylation is 1. The van der Waals surface area contributed by atoms with Crippen molar-refractivity contribution in [1.29, 1.82) is 0 Å². The van der Waals surface area contributed by atoms with E-state index in [0.717, 1.165) is 22.2 Å². The monoisotopic (exact) mass is 278 g/mol. The number of carboxylic acids is 1. The van der Waals surface area contributed by atoms with Crippen LogP contribution in [0, 0.1) is 6.92 Å². The van der Waals surface area contributed by atoms with Crippen LogP contribution in [-0.4, -0.2) is 16.1 Å². The second-order valence-corrected chi connectivity index (χ2v) is 4.83. The number of pyridine rings is 1. The van der Waals surface area contributed by atoms with Gasteiger partial charge >= 0.3 is 5.97 Å². The lowest BCUT2D eigenvalue weighted by Crippen LogP contribution is -2.04. The zero-order chi connectivity index (χ0) is 14.8. The predicted octanol–water partition coefficient (Wildman–Crippen LogP) is 3.99. The number of hydrogen-bond acceptors (Lipinski definition) is 3. The van der Waals surface area contributed by atoms with Gasteiger partial charge in [-0.15, -0.1) is 0 Å². The smallest absolute Gasteiger partial charge is 0.339 e. The minimum absolute atomic E-state index is 0.161. The van der Waals surface area contributed by atoms with Crippen molar-refractivity contribution in [3.05, 3.63) is 66.0 Å². The van der Waals surface area contributed by atoms with Crippen molar-refractivity contribution in [2.45, 2.75) is 6.92 Å². The van der Waals surface area contributed by atoms with E-state index in [-0.39, 0.29) is 5.56 Å². The van der Waals surface area contributed by atoms with E-state index >= 15 is 0 Å². The molecule has 3 rings (SSSR count). The second-order valence-electron chi connectivity index (χ2n) is 4.83. The molecule has 2 aromatic carbocycles. The number of benzene rings is 2. The van der Waals surface area contributed by atoms with E-state index in [1.54, 1.807) is 6.07 Å². The van der Waals surface area contributed by atoms with Gasteiger partial charge in [0.2, 0.25) is 0 Å². The summed E-state index contributed by atoms with van der Waals surface area (Å²) in [7, 11) is 0. The summed E-state index contributed by atoms with van der Waals surface area (Å²) in [6, 6.07) is 15.6. The maximum absolute atomic E-state index is 11.3. The van der Waals surface area contributed by atoms with Crippen LogP contribution in [0.25, 0.3) is 10.8 Å². The third-order valence-corrected chi connectivity index (χ3v) is 3.33. The molecule has 0 radical (unpaired) electrons. The maximum Gasteiger partial charge on any atom is 0.339 e. The Morgan fingerprint density at radius 1 is 1.10 bits per heavy atom. The molecule has 104 valence electrons. The number of nitrogens with zero attached hydrogens (tertiary/aromatic N) is 1. The Labute approximate surface area is 122 Å². The fraction of sp³-hybridized carbons (Fsp3) is 0.0588. The summed E-state index contributed by atoms with van der Waals surface area (Å²) in [5.41, 5.74) is 2.35. The molecule has 3 aromatic rings. The Hall–Kier alpha value is -2.88. The van der Waals surface area contributed by atoms with Gasteiger partial charge in [0.15, 0.2) is 0 Å². The minimum Gasteiger partial charge on any atom is -0.478 e. The average Bonchev–Trinajstić information content (AvgIpc) is 2.47. The van der Waals surface area contributed by atoms with Crippen LogP contribution in [0.1, 0.15) is 16.1 Å². The first-order chi connectivity index (χ1) is 10.1. The van der Waals surface area contributed by atoms with Gasteiger partial charge in [-0.2, -0.15) is 0 Å². The molecule has 0 saturated carbocycles. The molecule has 2 N–H and O–H groups in total. The Morgan fingerprint density at radius 2 is 1.86 bits per heavy atom. The Kier molecular flexibility index (Phi) is 3.28. The number of aromatic carboxylic acids is 1. The van der Waals surface area contributed by atoms with Crippen molar-refractivity contribution in [3.8, 4) is 0 Å². The molecule has 0 bridgehead atoms. The molecular weight excluding hydrogens is 264 g/mol. The minimum atomic E-state index is -0.995. The number of nitrogens with one attached hydrogen (secondary N) is 1. The number of rotatable bonds is 3. The number of carbonyl (C=O) groups is 1. The van der Waals surface area contributed by atoms with Crippen LogP contribution in [0.4, 0.5) is 11.4 Å². The quantitative estimate of drug-likeness (QED) is 0.760. The molecule has 0 fully saturated rings. The van der Waals surface area contributed by atoms with Crippen LogP contribution in [0.2, 0.25) is 0 Å². The van der Waals surface area contributed by atoms with Crippen LogP contribution in [0.3, 0.4) is 0 Å². The van der Waals surface area contributed by atoms with Crippen LogP contribution in [0.15, 0.2) is 54.7 Å². The molecule has 4 heteroatoms. The van der Waals surface area contributed by atoms with E-state index in [2.05, 4.69) is 10.3 Å². The molecule has 0 unspecified atom stereocenters. The summed E-state index contributed by atoms with van der Waals surface area (Å²) in [5.74, 6) is -0.995. The molecule has 0 atom stereocenters. The topological polar surface area (TPSA) is 62.2 Å². The molecule has 4 nitrogen and oxygen atoms in total. The van der Waals surface area contributed by atoms with E-state index < -0.39 is 5.97 Å². The zero-order valence-electron chi connectivity index (χ0n) is 11.5.